The Morgan fingerprint density at radius 1 is 1.11 bits per heavy atom. The maximum absolute atomic E-state index is 12.4. The van der Waals surface area contributed by atoms with Gasteiger partial charge in [0.2, 0.25) is 5.91 Å². The van der Waals surface area contributed by atoms with Gasteiger partial charge in [0.25, 0.3) is 0 Å². The molecule has 0 spiro atoms. The minimum atomic E-state index is -0.00363. The number of hydrogen-bond donors (Lipinski definition) is 2. The van der Waals surface area contributed by atoms with Gasteiger partial charge in [-0.25, -0.2) is 0 Å². The Balaban J connectivity index is 1.52. The third-order valence-corrected chi connectivity index (χ3v) is 4.47. The molecule has 3 saturated heterocycles. The van der Waals surface area contributed by atoms with E-state index in [2.05, 4.69) is 20.4 Å². The molecule has 18 heavy (non-hydrogen) atoms. The largest absolute Gasteiger partial charge is 0.340 e. The molecule has 0 radical (unpaired) electrons. The van der Waals surface area contributed by atoms with E-state index >= 15 is 0 Å². The van der Waals surface area contributed by atoms with Crippen LogP contribution in [0.25, 0.3) is 0 Å². The Hall–Kier alpha value is -0.650. The molecule has 1 amide bonds. The van der Waals surface area contributed by atoms with Crippen LogP contribution in [0.4, 0.5) is 0 Å². The van der Waals surface area contributed by atoms with Gasteiger partial charge in [-0.15, -0.1) is 0 Å². The van der Waals surface area contributed by atoms with E-state index < -0.39 is 0 Å². The fourth-order valence-corrected chi connectivity index (χ4v) is 3.40. The fraction of sp³-hybridized carbons (Fsp3) is 0.923. The Bertz CT molecular complexity index is 297. The van der Waals surface area contributed by atoms with Gasteiger partial charge in [0.15, 0.2) is 0 Å². The van der Waals surface area contributed by atoms with Gasteiger partial charge in [0.1, 0.15) is 0 Å². The summed E-state index contributed by atoms with van der Waals surface area (Å²) in [5, 5.41) is 6.60. The summed E-state index contributed by atoms with van der Waals surface area (Å²) in [6.45, 7) is 7.00. The monoisotopic (exact) mass is 252 g/mol. The molecule has 3 aliphatic heterocycles. The van der Waals surface area contributed by atoms with E-state index in [1.165, 1.54) is 25.9 Å². The highest BCUT2D eigenvalue weighted by molar-refractivity contribution is 5.82. The van der Waals surface area contributed by atoms with Gasteiger partial charge in [-0.2, -0.15) is 0 Å². The molecule has 5 heteroatoms. The molecular formula is C13H24N4O. The van der Waals surface area contributed by atoms with Crippen LogP contribution in [0, 0.1) is 0 Å². The summed E-state index contributed by atoms with van der Waals surface area (Å²) in [5.41, 5.74) is 0. The van der Waals surface area contributed by atoms with Crippen LogP contribution >= 0.6 is 0 Å². The lowest BCUT2D eigenvalue weighted by molar-refractivity contribution is -0.132. The first kappa shape index (κ1) is 12.4. The lowest BCUT2D eigenvalue weighted by Crippen LogP contribution is -2.56. The molecule has 0 aromatic heterocycles. The topological polar surface area (TPSA) is 47.6 Å². The van der Waals surface area contributed by atoms with Crippen LogP contribution in [0.15, 0.2) is 0 Å². The minimum absolute atomic E-state index is 0.00363. The molecule has 5 nitrogen and oxygen atoms in total. The van der Waals surface area contributed by atoms with E-state index in [1.807, 2.05) is 0 Å². The maximum Gasteiger partial charge on any atom is 0.241 e. The van der Waals surface area contributed by atoms with Gasteiger partial charge in [0.05, 0.1) is 6.04 Å². The second-order valence-electron chi connectivity index (χ2n) is 5.68. The van der Waals surface area contributed by atoms with Crippen LogP contribution in [0.1, 0.15) is 19.3 Å². The molecule has 3 heterocycles. The van der Waals surface area contributed by atoms with E-state index in [0.29, 0.717) is 11.9 Å². The number of nitrogens with one attached hydrogen (secondary N) is 2. The number of nitrogens with zero attached hydrogens (tertiary/aromatic N) is 2. The molecular weight excluding hydrogens is 228 g/mol. The summed E-state index contributed by atoms with van der Waals surface area (Å²) in [6, 6.07) is 0.615. The molecule has 2 N–H and O–H groups in total. The van der Waals surface area contributed by atoms with Gasteiger partial charge in [-0.05, 0) is 32.4 Å². The van der Waals surface area contributed by atoms with Gasteiger partial charge >= 0.3 is 0 Å². The quantitative estimate of drug-likeness (QED) is 0.678. The maximum atomic E-state index is 12.4. The smallest absolute Gasteiger partial charge is 0.241 e. The SMILES string of the molecule is O=C(C1CNCCN1)N1CCC(N2CCCC2)C1. The zero-order valence-electron chi connectivity index (χ0n) is 11.0. The van der Waals surface area contributed by atoms with E-state index in [0.717, 1.165) is 39.1 Å². The fourth-order valence-electron chi connectivity index (χ4n) is 3.40. The molecule has 3 aliphatic rings. The van der Waals surface area contributed by atoms with E-state index in [1.54, 1.807) is 0 Å². The van der Waals surface area contributed by atoms with Crippen LogP contribution in [0.3, 0.4) is 0 Å². The van der Waals surface area contributed by atoms with E-state index in [9.17, 15) is 4.79 Å². The molecule has 0 aromatic rings. The Labute approximate surface area is 109 Å². The summed E-state index contributed by atoms with van der Waals surface area (Å²) < 4.78 is 0. The molecule has 3 rings (SSSR count). The predicted molar refractivity (Wildman–Crippen MR) is 70.5 cm³/mol. The summed E-state index contributed by atoms with van der Waals surface area (Å²) in [5.74, 6) is 0.295. The summed E-state index contributed by atoms with van der Waals surface area (Å²) >= 11 is 0. The lowest BCUT2D eigenvalue weighted by Gasteiger charge is -2.29. The molecule has 3 fully saturated rings. The van der Waals surface area contributed by atoms with Crippen molar-refractivity contribution in [2.75, 3.05) is 45.8 Å². The highest BCUT2D eigenvalue weighted by Crippen LogP contribution is 2.20. The van der Waals surface area contributed by atoms with Gasteiger partial charge in [0, 0.05) is 38.8 Å². The highest BCUT2D eigenvalue weighted by atomic mass is 16.2. The van der Waals surface area contributed by atoms with Crippen molar-refractivity contribution < 1.29 is 4.79 Å². The van der Waals surface area contributed by atoms with Crippen molar-refractivity contribution in [3.63, 3.8) is 0 Å². The van der Waals surface area contributed by atoms with Crippen molar-refractivity contribution in [2.24, 2.45) is 0 Å². The Morgan fingerprint density at radius 3 is 2.67 bits per heavy atom. The number of piperazine rings is 1. The van der Waals surface area contributed by atoms with Crippen LogP contribution in [-0.4, -0.2) is 73.6 Å². The van der Waals surface area contributed by atoms with Crippen molar-refractivity contribution in [3.05, 3.63) is 0 Å². The van der Waals surface area contributed by atoms with E-state index in [4.69, 9.17) is 0 Å². The van der Waals surface area contributed by atoms with Gasteiger partial charge in [-0.3, -0.25) is 9.69 Å². The number of carbonyl (C=O) groups is 1. The summed E-state index contributed by atoms with van der Waals surface area (Å²) in [7, 11) is 0. The second kappa shape index (κ2) is 5.55. The number of rotatable bonds is 2. The molecule has 0 aliphatic carbocycles. The Kier molecular flexibility index (Phi) is 3.82. The van der Waals surface area contributed by atoms with Crippen LogP contribution in [0.2, 0.25) is 0 Å². The average molecular weight is 252 g/mol. The van der Waals surface area contributed by atoms with Gasteiger partial charge in [-0.1, -0.05) is 0 Å². The van der Waals surface area contributed by atoms with Crippen molar-refractivity contribution >= 4 is 5.91 Å². The highest BCUT2D eigenvalue weighted by Gasteiger charge is 2.34. The predicted octanol–water partition coefficient (Wildman–Crippen LogP) is -0.755. The molecule has 0 aromatic carbocycles. The second-order valence-corrected chi connectivity index (χ2v) is 5.68. The first-order valence-corrected chi connectivity index (χ1v) is 7.31. The summed E-state index contributed by atoms with van der Waals surface area (Å²) in [6.07, 6.45) is 3.82. The molecule has 0 bridgehead atoms. The normalized spacial score (nSPS) is 34.1. The standard InChI is InChI=1S/C13H24N4O/c18-13(12-9-14-4-5-15-12)17-8-3-11(10-17)16-6-1-2-7-16/h11-12,14-15H,1-10H2. The first-order valence-electron chi connectivity index (χ1n) is 7.31. The molecule has 2 unspecified atom stereocenters. The third-order valence-electron chi connectivity index (χ3n) is 4.47. The zero-order chi connectivity index (χ0) is 12.4. The number of amides is 1. The zero-order valence-corrected chi connectivity index (χ0v) is 11.0. The van der Waals surface area contributed by atoms with Crippen LogP contribution in [-0.2, 0) is 4.79 Å². The lowest BCUT2D eigenvalue weighted by atomic mass is 10.2. The van der Waals surface area contributed by atoms with Crippen LogP contribution in [0.5, 0.6) is 0 Å². The number of hydrogen-bond acceptors (Lipinski definition) is 4. The van der Waals surface area contributed by atoms with Gasteiger partial charge < -0.3 is 15.5 Å². The van der Waals surface area contributed by atoms with Crippen molar-refractivity contribution in [1.82, 2.24) is 20.4 Å². The van der Waals surface area contributed by atoms with Crippen LogP contribution < -0.4 is 10.6 Å². The van der Waals surface area contributed by atoms with Crippen molar-refractivity contribution in [1.29, 1.82) is 0 Å². The summed E-state index contributed by atoms with van der Waals surface area (Å²) in [4.78, 5) is 17.0. The average Bonchev–Trinajstić information content (AvgIpc) is 3.09. The van der Waals surface area contributed by atoms with Crippen molar-refractivity contribution in [3.8, 4) is 0 Å². The molecule has 2 atom stereocenters. The third kappa shape index (κ3) is 2.53. The Morgan fingerprint density at radius 2 is 1.94 bits per heavy atom. The number of carbonyl (C=O) groups excluding carboxylic acids is 1. The minimum Gasteiger partial charge on any atom is -0.340 e. The van der Waals surface area contributed by atoms with Crippen molar-refractivity contribution in [2.45, 2.75) is 31.3 Å². The molecule has 0 saturated carbocycles. The number of likely N-dealkylation sites (tertiary alicyclic amines) is 2. The first-order chi connectivity index (χ1) is 8.84. The molecule has 102 valence electrons. The van der Waals surface area contributed by atoms with E-state index in [-0.39, 0.29) is 6.04 Å².